The number of rotatable bonds is 3. The summed E-state index contributed by atoms with van der Waals surface area (Å²) < 4.78 is 10.4. The van der Waals surface area contributed by atoms with Gasteiger partial charge in [-0.3, -0.25) is 4.90 Å². The zero-order valence-corrected chi connectivity index (χ0v) is 14.5. The zero-order valence-electron chi connectivity index (χ0n) is 13.6. The average Bonchev–Trinajstić information content (AvgIpc) is 2.39. The molecular weight excluding hydrogens is 304 g/mol. The van der Waals surface area contributed by atoms with Gasteiger partial charge in [-0.05, 0) is 53.3 Å². The number of hydrogen-bond acceptors (Lipinski definition) is 6. The molecule has 0 aromatic carbocycles. The highest BCUT2D eigenvalue weighted by Crippen LogP contribution is 2.27. The summed E-state index contributed by atoms with van der Waals surface area (Å²) in [6, 6.07) is -0.432. The van der Waals surface area contributed by atoms with Gasteiger partial charge in [-0.1, -0.05) is 0 Å². The Morgan fingerprint density at radius 1 is 1.45 bits per heavy atom. The lowest BCUT2D eigenvalue weighted by atomic mass is 10.00. The molecule has 0 aromatic heterocycles. The fourth-order valence-corrected chi connectivity index (χ4v) is 2.26. The van der Waals surface area contributed by atoms with Crippen LogP contribution >= 0.6 is 12.2 Å². The monoisotopic (exact) mass is 326 g/mol. The van der Waals surface area contributed by atoms with E-state index in [1.54, 1.807) is 34.6 Å². The molecule has 0 unspecified atom stereocenters. The second-order valence-corrected chi connectivity index (χ2v) is 6.07. The van der Waals surface area contributed by atoms with Crippen molar-refractivity contribution in [2.45, 2.75) is 52.7 Å². The second-order valence-electron chi connectivity index (χ2n) is 5.89. The summed E-state index contributed by atoms with van der Waals surface area (Å²) in [5, 5.41) is 2.27. The molecule has 0 N–H and O–H groups in total. The highest BCUT2D eigenvalue weighted by Gasteiger charge is 2.35. The lowest BCUT2D eigenvalue weighted by Crippen LogP contribution is -2.46. The number of carbonyl (C=O) groups excluding carboxylic acids is 2. The quantitative estimate of drug-likeness (QED) is 0.453. The third kappa shape index (κ3) is 4.64. The van der Waals surface area contributed by atoms with Gasteiger partial charge in [0.2, 0.25) is 0 Å². The van der Waals surface area contributed by atoms with E-state index in [4.69, 9.17) is 9.47 Å². The molecule has 1 amide bonds. The molecule has 0 bridgehead atoms. The molecule has 0 aromatic rings. The van der Waals surface area contributed by atoms with Crippen LogP contribution in [0.4, 0.5) is 4.79 Å². The van der Waals surface area contributed by atoms with E-state index < -0.39 is 23.7 Å². The van der Waals surface area contributed by atoms with Crippen molar-refractivity contribution in [3.8, 4) is 0 Å². The maximum Gasteiger partial charge on any atom is 0.410 e. The number of carbonyl (C=O) groups is 2. The predicted octanol–water partition coefficient (Wildman–Crippen LogP) is 2.94. The minimum absolute atomic E-state index is 0.279. The Morgan fingerprint density at radius 2 is 2.09 bits per heavy atom. The van der Waals surface area contributed by atoms with Gasteiger partial charge in [0, 0.05) is 6.54 Å². The van der Waals surface area contributed by atoms with Gasteiger partial charge in [0.1, 0.15) is 5.60 Å². The summed E-state index contributed by atoms with van der Waals surface area (Å²) >= 11 is 4.64. The van der Waals surface area contributed by atoms with E-state index in [-0.39, 0.29) is 6.61 Å². The Balaban J connectivity index is 3.07. The van der Waals surface area contributed by atoms with Gasteiger partial charge in [0.15, 0.2) is 0 Å². The molecular formula is C15H22N2O4S. The Bertz CT molecular complexity index is 530. The van der Waals surface area contributed by atoms with Crippen LogP contribution in [0, 0.1) is 0 Å². The van der Waals surface area contributed by atoms with Crippen LogP contribution in [-0.2, 0) is 14.3 Å². The van der Waals surface area contributed by atoms with Crippen molar-refractivity contribution in [2.24, 2.45) is 4.99 Å². The van der Waals surface area contributed by atoms with E-state index in [0.29, 0.717) is 24.2 Å². The minimum Gasteiger partial charge on any atom is -0.463 e. The number of esters is 1. The number of aliphatic imine (C=N–C) groups is 1. The summed E-state index contributed by atoms with van der Waals surface area (Å²) in [7, 11) is 0. The SMILES string of the molecule is CCOC(=O)C1=C(N=C=S)[C@H](C)N(C(=O)OC(C)(C)C)CC1. The van der Waals surface area contributed by atoms with Crippen molar-refractivity contribution in [3.63, 3.8) is 0 Å². The second kappa shape index (κ2) is 7.51. The first kappa shape index (κ1) is 18.3. The molecule has 122 valence electrons. The van der Waals surface area contributed by atoms with Crippen LogP contribution in [0.5, 0.6) is 0 Å². The normalized spacial score (nSPS) is 18.6. The lowest BCUT2D eigenvalue weighted by Gasteiger charge is -2.35. The van der Waals surface area contributed by atoms with Crippen LogP contribution in [-0.4, -0.2) is 46.9 Å². The van der Waals surface area contributed by atoms with Crippen LogP contribution in [0.1, 0.15) is 41.0 Å². The molecule has 0 radical (unpaired) electrons. The van der Waals surface area contributed by atoms with Gasteiger partial charge in [-0.2, -0.15) is 4.99 Å². The smallest absolute Gasteiger partial charge is 0.410 e. The van der Waals surface area contributed by atoms with Gasteiger partial charge in [0.25, 0.3) is 0 Å². The summed E-state index contributed by atoms with van der Waals surface area (Å²) in [6.45, 7) is 9.55. The Labute approximate surface area is 136 Å². The van der Waals surface area contributed by atoms with Gasteiger partial charge in [-0.15, -0.1) is 0 Å². The van der Waals surface area contributed by atoms with Crippen LogP contribution in [0.2, 0.25) is 0 Å². The molecule has 7 heteroatoms. The highest BCUT2D eigenvalue weighted by atomic mass is 32.1. The van der Waals surface area contributed by atoms with E-state index in [1.165, 1.54) is 4.90 Å². The first-order valence-electron chi connectivity index (χ1n) is 7.19. The number of nitrogens with zero attached hydrogens (tertiary/aromatic N) is 2. The minimum atomic E-state index is -0.588. The highest BCUT2D eigenvalue weighted by molar-refractivity contribution is 7.78. The molecule has 1 heterocycles. The Hall–Kier alpha value is -1.72. The molecule has 1 aliphatic heterocycles. The van der Waals surface area contributed by atoms with Crippen molar-refractivity contribution in [1.29, 1.82) is 0 Å². The summed E-state index contributed by atoms with van der Waals surface area (Å²) in [6.07, 6.45) is -0.0990. The molecule has 0 saturated carbocycles. The summed E-state index contributed by atoms with van der Waals surface area (Å²) in [5.74, 6) is -0.429. The van der Waals surface area contributed by atoms with Crippen molar-refractivity contribution < 1.29 is 19.1 Å². The lowest BCUT2D eigenvalue weighted by molar-refractivity contribution is -0.139. The standard InChI is InChI=1S/C15H22N2O4S/c1-6-20-13(18)11-7-8-17(10(2)12(11)16-9-22)14(19)21-15(3,4)5/h10H,6-8H2,1-5H3/t10-/m0/s1. The zero-order chi connectivity index (χ0) is 16.9. The van der Waals surface area contributed by atoms with Crippen LogP contribution in [0.15, 0.2) is 16.3 Å². The Morgan fingerprint density at radius 3 is 2.59 bits per heavy atom. The van der Waals surface area contributed by atoms with E-state index in [9.17, 15) is 9.59 Å². The van der Waals surface area contributed by atoms with E-state index in [2.05, 4.69) is 22.4 Å². The maximum atomic E-state index is 12.3. The molecule has 0 aliphatic carbocycles. The Kier molecular flexibility index (Phi) is 6.26. The number of ether oxygens (including phenoxy) is 2. The number of thiocarbonyl (C=S) groups is 1. The van der Waals surface area contributed by atoms with Gasteiger partial charge < -0.3 is 9.47 Å². The number of amides is 1. The average molecular weight is 326 g/mol. The van der Waals surface area contributed by atoms with Crippen LogP contribution in [0.3, 0.4) is 0 Å². The van der Waals surface area contributed by atoms with Gasteiger partial charge in [-0.25, -0.2) is 9.59 Å². The predicted molar refractivity (Wildman–Crippen MR) is 85.7 cm³/mol. The first-order chi connectivity index (χ1) is 10.2. The van der Waals surface area contributed by atoms with E-state index >= 15 is 0 Å². The van der Waals surface area contributed by atoms with Gasteiger partial charge >= 0.3 is 12.1 Å². The summed E-state index contributed by atoms with van der Waals surface area (Å²) in [5.41, 5.74) is 0.257. The molecule has 6 nitrogen and oxygen atoms in total. The van der Waals surface area contributed by atoms with Crippen molar-refractivity contribution in [2.75, 3.05) is 13.2 Å². The molecule has 1 atom stereocenters. The molecule has 1 aliphatic rings. The molecule has 22 heavy (non-hydrogen) atoms. The molecule has 0 saturated heterocycles. The van der Waals surface area contributed by atoms with Crippen molar-refractivity contribution in [3.05, 3.63) is 11.3 Å². The van der Waals surface area contributed by atoms with Crippen LogP contribution < -0.4 is 0 Å². The van der Waals surface area contributed by atoms with E-state index in [1.807, 2.05) is 0 Å². The molecule has 1 rings (SSSR count). The van der Waals surface area contributed by atoms with Crippen LogP contribution in [0.25, 0.3) is 0 Å². The third-order valence-electron chi connectivity index (χ3n) is 3.09. The molecule has 0 fully saturated rings. The first-order valence-corrected chi connectivity index (χ1v) is 7.59. The third-order valence-corrected chi connectivity index (χ3v) is 3.18. The fraction of sp³-hybridized carbons (Fsp3) is 0.667. The van der Waals surface area contributed by atoms with Gasteiger partial charge in [0.05, 0.1) is 29.1 Å². The van der Waals surface area contributed by atoms with Crippen molar-refractivity contribution in [1.82, 2.24) is 4.90 Å². The topological polar surface area (TPSA) is 68.2 Å². The number of isothiocyanates is 1. The largest absolute Gasteiger partial charge is 0.463 e. The fourth-order valence-electron chi connectivity index (χ4n) is 2.16. The molecule has 0 spiro atoms. The van der Waals surface area contributed by atoms with Crippen molar-refractivity contribution >= 4 is 29.4 Å². The number of hydrogen-bond donors (Lipinski definition) is 0. The van der Waals surface area contributed by atoms with E-state index in [0.717, 1.165) is 0 Å². The maximum absolute atomic E-state index is 12.3. The summed E-state index contributed by atoms with van der Waals surface area (Å²) in [4.78, 5) is 29.8.